The highest BCUT2D eigenvalue weighted by Crippen LogP contribution is 2.29. The van der Waals surface area contributed by atoms with E-state index >= 15 is 0 Å². The molecule has 0 saturated heterocycles. The van der Waals surface area contributed by atoms with Gasteiger partial charge in [-0.15, -0.1) is 0 Å². The van der Waals surface area contributed by atoms with Gasteiger partial charge in [0.25, 0.3) is 0 Å². The number of hydrogen-bond donors (Lipinski definition) is 0. The van der Waals surface area contributed by atoms with E-state index < -0.39 is 5.51 Å². The summed E-state index contributed by atoms with van der Waals surface area (Å²) in [6.45, 7) is 2.74. The van der Waals surface area contributed by atoms with E-state index in [-0.39, 0.29) is 29.9 Å². The van der Waals surface area contributed by atoms with Crippen LogP contribution in [0.5, 0.6) is 0 Å². The fraction of sp³-hybridized carbons (Fsp3) is 0.889. The molecule has 0 aliphatic heterocycles. The van der Waals surface area contributed by atoms with E-state index in [1.165, 1.54) is 0 Å². The predicted octanol–water partition coefficient (Wildman–Crippen LogP) is 2.12. The van der Waals surface area contributed by atoms with Crippen LogP contribution in [0.4, 0.5) is 13.2 Å². The molecule has 0 N–H and O–H groups in total. The molecule has 0 aliphatic rings. The maximum absolute atomic E-state index is 11.8. The van der Waals surface area contributed by atoms with Crippen LogP contribution < -0.4 is 0 Å². The van der Waals surface area contributed by atoms with Crippen molar-refractivity contribution in [1.29, 1.82) is 0 Å². The number of carbonyl (C=O) groups excluding carboxylic acids is 1. The van der Waals surface area contributed by atoms with Crippen molar-refractivity contribution < 1.29 is 22.7 Å². The number of carbonyl (C=O) groups is 1. The zero-order valence-electron chi connectivity index (χ0n) is 9.34. The van der Waals surface area contributed by atoms with Crippen molar-refractivity contribution in [3.05, 3.63) is 0 Å². The normalized spacial score (nSPS) is 11.9. The van der Waals surface area contributed by atoms with E-state index in [9.17, 15) is 18.0 Å². The van der Waals surface area contributed by atoms with E-state index in [1.54, 1.807) is 18.9 Å². The Bertz CT molecular complexity index is 211. The third kappa shape index (κ3) is 10.1. The number of ether oxygens (including phenoxy) is 1. The summed E-state index contributed by atoms with van der Waals surface area (Å²) in [6, 6.07) is 0. The third-order valence-electron chi connectivity index (χ3n) is 1.74. The van der Waals surface area contributed by atoms with Gasteiger partial charge in [-0.05, 0) is 25.7 Å². The summed E-state index contributed by atoms with van der Waals surface area (Å²) in [7, 11) is 1.68. The van der Waals surface area contributed by atoms with Crippen LogP contribution >= 0.6 is 11.8 Å². The topological polar surface area (TPSA) is 29.5 Å². The lowest BCUT2D eigenvalue weighted by Gasteiger charge is -2.16. The molecule has 0 aromatic heterocycles. The Hall–Kier alpha value is -0.430. The standard InChI is InChI=1S/C9H16F3NO2S/c1-3-15-8(14)4-5-13(2)6-7-16-9(10,11)12/h3-7H2,1-2H3. The Labute approximate surface area is 97.3 Å². The number of hydrogen-bond acceptors (Lipinski definition) is 4. The average Bonchev–Trinajstić information content (AvgIpc) is 2.13. The van der Waals surface area contributed by atoms with Gasteiger partial charge in [0, 0.05) is 18.8 Å². The highest BCUT2D eigenvalue weighted by Gasteiger charge is 2.27. The maximum Gasteiger partial charge on any atom is 0.441 e. The lowest BCUT2D eigenvalue weighted by atomic mass is 10.4. The molecular weight excluding hydrogens is 243 g/mol. The number of nitrogens with zero attached hydrogens (tertiary/aromatic N) is 1. The quantitative estimate of drug-likeness (QED) is 0.655. The first kappa shape index (κ1) is 15.6. The minimum Gasteiger partial charge on any atom is -0.466 e. The highest BCUT2D eigenvalue weighted by molar-refractivity contribution is 8.00. The molecule has 0 bridgehead atoms. The molecule has 7 heteroatoms. The summed E-state index contributed by atoms with van der Waals surface area (Å²) in [5.41, 5.74) is -4.18. The molecule has 3 nitrogen and oxygen atoms in total. The first-order chi connectivity index (χ1) is 7.35. The fourth-order valence-electron chi connectivity index (χ4n) is 0.944. The molecule has 0 aliphatic carbocycles. The van der Waals surface area contributed by atoms with Gasteiger partial charge in [0.15, 0.2) is 0 Å². The number of esters is 1. The lowest BCUT2D eigenvalue weighted by molar-refractivity contribution is -0.143. The van der Waals surface area contributed by atoms with E-state index in [2.05, 4.69) is 0 Å². The summed E-state index contributed by atoms with van der Waals surface area (Å²) < 4.78 is 40.1. The van der Waals surface area contributed by atoms with Crippen molar-refractivity contribution >= 4 is 17.7 Å². The minimum atomic E-state index is -4.18. The van der Waals surface area contributed by atoms with Crippen molar-refractivity contribution in [3.8, 4) is 0 Å². The molecule has 0 aromatic rings. The van der Waals surface area contributed by atoms with E-state index in [1.807, 2.05) is 0 Å². The van der Waals surface area contributed by atoms with Crippen molar-refractivity contribution in [3.63, 3.8) is 0 Å². The van der Waals surface area contributed by atoms with Gasteiger partial charge in [-0.1, -0.05) is 0 Å². The first-order valence-corrected chi connectivity index (χ1v) is 5.88. The Balaban J connectivity index is 3.52. The van der Waals surface area contributed by atoms with Crippen LogP contribution in [0.1, 0.15) is 13.3 Å². The van der Waals surface area contributed by atoms with E-state index in [0.717, 1.165) is 0 Å². The van der Waals surface area contributed by atoms with Gasteiger partial charge in [-0.2, -0.15) is 13.2 Å². The molecule has 0 atom stereocenters. The van der Waals surface area contributed by atoms with Gasteiger partial charge in [-0.25, -0.2) is 0 Å². The van der Waals surface area contributed by atoms with Gasteiger partial charge in [0.2, 0.25) is 0 Å². The third-order valence-corrected chi connectivity index (χ3v) is 2.46. The Kier molecular flexibility index (Phi) is 7.57. The number of rotatable bonds is 7. The van der Waals surface area contributed by atoms with Crippen LogP contribution in [-0.4, -0.2) is 48.9 Å². The smallest absolute Gasteiger partial charge is 0.441 e. The molecule has 0 radical (unpaired) electrons. The summed E-state index contributed by atoms with van der Waals surface area (Å²) in [5.74, 6) is -0.346. The van der Waals surface area contributed by atoms with Gasteiger partial charge < -0.3 is 9.64 Å². The second-order valence-electron chi connectivity index (χ2n) is 3.15. The van der Waals surface area contributed by atoms with Gasteiger partial charge in [-0.3, -0.25) is 4.79 Å². The van der Waals surface area contributed by atoms with Crippen molar-refractivity contribution in [2.45, 2.75) is 18.9 Å². The molecule has 16 heavy (non-hydrogen) atoms. The summed E-state index contributed by atoms with van der Waals surface area (Å²) in [6.07, 6.45) is 0.209. The van der Waals surface area contributed by atoms with Crippen LogP contribution in [0.2, 0.25) is 0 Å². The summed E-state index contributed by atoms with van der Waals surface area (Å²) >= 11 is -0.0514. The fourth-order valence-corrected chi connectivity index (χ4v) is 1.58. The van der Waals surface area contributed by atoms with Crippen molar-refractivity contribution in [1.82, 2.24) is 4.90 Å². The van der Waals surface area contributed by atoms with Crippen LogP contribution in [0.3, 0.4) is 0 Å². The van der Waals surface area contributed by atoms with E-state index in [4.69, 9.17) is 4.74 Å². The highest BCUT2D eigenvalue weighted by atomic mass is 32.2. The zero-order chi connectivity index (χ0) is 12.6. The van der Waals surface area contributed by atoms with Crippen LogP contribution in [0.15, 0.2) is 0 Å². The van der Waals surface area contributed by atoms with Crippen molar-refractivity contribution in [2.75, 3.05) is 32.5 Å². The molecule has 96 valence electrons. The Morgan fingerprint density at radius 3 is 2.50 bits per heavy atom. The second kappa shape index (κ2) is 7.78. The zero-order valence-corrected chi connectivity index (χ0v) is 10.2. The number of halogens is 3. The monoisotopic (exact) mass is 259 g/mol. The molecule has 0 fully saturated rings. The molecular formula is C9H16F3NO2S. The predicted molar refractivity (Wildman–Crippen MR) is 57.3 cm³/mol. The minimum absolute atomic E-state index is 0.0250. The molecule has 0 amide bonds. The molecule has 0 saturated carbocycles. The lowest BCUT2D eigenvalue weighted by Crippen LogP contribution is -2.25. The average molecular weight is 259 g/mol. The summed E-state index contributed by atoms with van der Waals surface area (Å²) in [4.78, 5) is 12.6. The first-order valence-electron chi connectivity index (χ1n) is 4.90. The van der Waals surface area contributed by atoms with Gasteiger partial charge in [0.05, 0.1) is 13.0 Å². The van der Waals surface area contributed by atoms with Gasteiger partial charge >= 0.3 is 11.5 Å². The molecule has 0 aromatic carbocycles. The van der Waals surface area contributed by atoms with Crippen molar-refractivity contribution in [2.24, 2.45) is 0 Å². The second-order valence-corrected chi connectivity index (χ2v) is 4.31. The van der Waals surface area contributed by atoms with Gasteiger partial charge in [0.1, 0.15) is 0 Å². The maximum atomic E-state index is 11.8. The Morgan fingerprint density at radius 1 is 1.38 bits per heavy atom. The molecule has 0 rings (SSSR count). The SMILES string of the molecule is CCOC(=O)CCN(C)CCSC(F)(F)F. The van der Waals surface area contributed by atoms with Crippen LogP contribution in [0.25, 0.3) is 0 Å². The molecule has 0 spiro atoms. The Morgan fingerprint density at radius 2 is 2.00 bits per heavy atom. The largest absolute Gasteiger partial charge is 0.466 e. The van der Waals surface area contributed by atoms with Crippen LogP contribution in [-0.2, 0) is 9.53 Å². The molecule has 0 heterocycles. The summed E-state index contributed by atoms with van der Waals surface area (Å²) in [5, 5.41) is 0. The molecule has 0 unspecified atom stereocenters. The van der Waals surface area contributed by atoms with E-state index in [0.29, 0.717) is 19.7 Å². The number of alkyl halides is 3. The van der Waals surface area contributed by atoms with Crippen LogP contribution in [0, 0.1) is 0 Å². The number of thioether (sulfide) groups is 1.